The molecule has 0 unspecified atom stereocenters. The van der Waals surface area contributed by atoms with Gasteiger partial charge in [0.05, 0.1) is 5.56 Å². The van der Waals surface area contributed by atoms with E-state index >= 15 is 0 Å². The van der Waals surface area contributed by atoms with Crippen molar-refractivity contribution in [2.75, 3.05) is 0 Å². The van der Waals surface area contributed by atoms with Crippen LogP contribution in [0.5, 0.6) is 5.75 Å². The van der Waals surface area contributed by atoms with E-state index in [1.54, 1.807) is 6.07 Å². The van der Waals surface area contributed by atoms with Crippen LogP contribution >= 0.6 is 12.4 Å². The zero-order chi connectivity index (χ0) is 13.8. The normalized spacial score (nSPS) is 21.4. The maximum atomic E-state index is 12.3. The highest BCUT2D eigenvalue weighted by Gasteiger charge is 2.26. The van der Waals surface area contributed by atoms with Crippen molar-refractivity contribution in [1.29, 1.82) is 0 Å². The van der Waals surface area contributed by atoms with Gasteiger partial charge in [-0.3, -0.25) is 4.79 Å². The van der Waals surface area contributed by atoms with Gasteiger partial charge >= 0.3 is 6.61 Å². The van der Waals surface area contributed by atoms with Crippen molar-refractivity contribution < 1.29 is 18.3 Å². The van der Waals surface area contributed by atoms with Crippen molar-refractivity contribution >= 4 is 18.3 Å². The third-order valence-electron chi connectivity index (χ3n) is 3.23. The average Bonchev–Trinajstić information content (AvgIpc) is 2.75. The highest BCUT2D eigenvalue weighted by atomic mass is 35.5. The van der Waals surface area contributed by atoms with Crippen LogP contribution in [0.1, 0.15) is 29.6 Å². The lowest BCUT2D eigenvalue weighted by molar-refractivity contribution is -0.0501. The highest BCUT2D eigenvalue weighted by Crippen LogP contribution is 2.22. The van der Waals surface area contributed by atoms with Gasteiger partial charge in [0.25, 0.3) is 5.91 Å². The molecule has 0 bridgehead atoms. The van der Waals surface area contributed by atoms with Crippen LogP contribution in [0.15, 0.2) is 24.3 Å². The Kier molecular flexibility index (Phi) is 6.16. The second-order valence-corrected chi connectivity index (χ2v) is 4.55. The SMILES string of the molecule is Cl.N[C@H]1CCC[C@@H]1NC(=O)c1ccccc1OC(F)F. The quantitative estimate of drug-likeness (QED) is 0.897. The van der Waals surface area contributed by atoms with Crippen molar-refractivity contribution in [3.05, 3.63) is 29.8 Å². The number of rotatable bonds is 4. The number of halogens is 3. The van der Waals surface area contributed by atoms with Gasteiger partial charge in [0.2, 0.25) is 0 Å². The van der Waals surface area contributed by atoms with Gasteiger partial charge < -0.3 is 15.8 Å². The van der Waals surface area contributed by atoms with Crippen LogP contribution in [-0.4, -0.2) is 24.6 Å². The molecule has 1 aliphatic carbocycles. The van der Waals surface area contributed by atoms with Crippen LogP contribution in [0.3, 0.4) is 0 Å². The summed E-state index contributed by atoms with van der Waals surface area (Å²) in [5.41, 5.74) is 5.96. The minimum atomic E-state index is -2.96. The molecular formula is C13H17ClF2N2O2. The Hall–Kier alpha value is -1.40. The number of carbonyl (C=O) groups is 1. The highest BCUT2D eigenvalue weighted by molar-refractivity contribution is 5.97. The summed E-state index contributed by atoms with van der Waals surface area (Å²) in [6.45, 7) is -2.96. The number of para-hydroxylation sites is 1. The maximum absolute atomic E-state index is 12.3. The molecule has 0 heterocycles. The zero-order valence-corrected chi connectivity index (χ0v) is 11.5. The van der Waals surface area contributed by atoms with Crippen molar-refractivity contribution in [2.24, 2.45) is 5.73 Å². The summed E-state index contributed by atoms with van der Waals surface area (Å²) in [6.07, 6.45) is 2.63. The van der Waals surface area contributed by atoms with E-state index in [4.69, 9.17) is 5.73 Å². The first kappa shape index (κ1) is 16.7. The van der Waals surface area contributed by atoms with Gasteiger partial charge in [-0.25, -0.2) is 0 Å². The Labute approximate surface area is 122 Å². The van der Waals surface area contributed by atoms with E-state index in [9.17, 15) is 13.6 Å². The van der Waals surface area contributed by atoms with Crippen molar-refractivity contribution in [2.45, 2.75) is 38.0 Å². The van der Waals surface area contributed by atoms with Gasteiger partial charge in [-0.1, -0.05) is 12.1 Å². The Morgan fingerprint density at radius 1 is 1.35 bits per heavy atom. The van der Waals surface area contributed by atoms with Crippen LogP contribution in [0.25, 0.3) is 0 Å². The average molecular weight is 307 g/mol. The van der Waals surface area contributed by atoms with Crippen LogP contribution < -0.4 is 15.8 Å². The molecule has 1 aliphatic rings. The zero-order valence-electron chi connectivity index (χ0n) is 10.7. The third kappa shape index (κ3) is 4.05. The van der Waals surface area contributed by atoms with Gasteiger partial charge in [0, 0.05) is 12.1 Å². The fourth-order valence-electron chi connectivity index (χ4n) is 2.27. The molecule has 1 aromatic carbocycles. The second kappa shape index (κ2) is 7.40. The molecular weight excluding hydrogens is 290 g/mol. The van der Waals surface area contributed by atoms with Crippen molar-refractivity contribution in [3.63, 3.8) is 0 Å². The Balaban J connectivity index is 0.00000200. The molecule has 0 aromatic heterocycles. The summed E-state index contributed by atoms with van der Waals surface area (Å²) in [6, 6.07) is 5.75. The molecule has 4 nitrogen and oxygen atoms in total. The minimum absolute atomic E-state index is 0. The molecule has 0 saturated heterocycles. The first-order valence-electron chi connectivity index (χ1n) is 6.18. The van der Waals surface area contributed by atoms with Gasteiger partial charge in [0.15, 0.2) is 0 Å². The van der Waals surface area contributed by atoms with Crippen molar-refractivity contribution in [1.82, 2.24) is 5.32 Å². The molecule has 20 heavy (non-hydrogen) atoms. The monoisotopic (exact) mass is 306 g/mol. The van der Waals surface area contributed by atoms with Gasteiger partial charge in [-0.05, 0) is 31.4 Å². The first-order chi connectivity index (χ1) is 9.08. The topological polar surface area (TPSA) is 64.3 Å². The molecule has 112 valence electrons. The summed E-state index contributed by atoms with van der Waals surface area (Å²) < 4.78 is 28.8. The Bertz CT molecular complexity index is 460. The third-order valence-corrected chi connectivity index (χ3v) is 3.23. The molecule has 2 rings (SSSR count). The lowest BCUT2D eigenvalue weighted by Crippen LogP contribution is -2.44. The molecule has 1 amide bonds. The molecule has 1 saturated carbocycles. The summed E-state index contributed by atoms with van der Waals surface area (Å²) in [4.78, 5) is 12.1. The molecule has 1 aromatic rings. The molecule has 2 atom stereocenters. The summed E-state index contributed by atoms with van der Waals surface area (Å²) in [5.74, 6) is -0.555. The summed E-state index contributed by atoms with van der Waals surface area (Å²) in [5, 5.41) is 2.77. The summed E-state index contributed by atoms with van der Waals surface area (Å²) >= 11 is 0. The van der Waals surface area contributed by atoms with Crippen molar-refractivity contribution in [3.8, 4) is 5.75 Å². The predicted molar refractivity (Wildman–Crippen MR) is 73.4 cm³/mol. The van der Waals surface area contributed by atoms with Gasteiger partial charge in [-0.2, -0.15) is 8.78 Å². The molecule has 0 aliphatic heterocycles. The molecule has 7 heteroatoms. The van der Waals surface area contributed by atoms with E-state index in [-0.39, 0.29) is 35.8 Å². The lowest BCUT2D eigenvalue weighted by atomic mass is 10.1. The van der Waals surface area contributed by atoms with E-state index in [2.05, 4.69) is 10.1 Å². The van der Waals surface area contributed by atoms with Crippen LogP contribution in [0.4, 0.5) is 8.78 Å². The summed E-state index contributed by atoms with van der Waals surface area (Å²) in [7, 11) is 0. The Morgan fingerprint density at radius 2 is 2.05 bits per heavy atom. The largest absolute Gasteiger partial charge is 0.434 e. The number of nitrogens with one attached hydrogen (secondary N) is 1. The van der Waals surface area contributed by atoms with E-state index in [1.165, 1.54) is 18.2 Å². The number of hydrogen-bond acceptors (Lipinski definition) is 3. The van der Waals surface area contributed by atoms with E-state index in [0.717, 1.165) is 19.3 Å². The number of ether oxygens (including phenoxy) is 1. The van der Waals surface area contributed by atoms with Crippen LogP contribution in [0.2, 0.25) is 0 Å². The Morgan fingerprint density at radius 3 is 2.65 bits per heavy atom. The van der Waals surface area contributed by atoms with Crippen LogP contribution in [-0.2, 0) is 0 Å². The number of benzene rings is 1. The molecule has 0 radical (unpaired) electrons. The number of alkyl halides is 2. The maximum Gasteiger partial charge on any atom is 0.387 e. The van der Waals surface area contributed by atoms with Gasteiger partial charge in [0.1, 0.15) is 5.75 Å². The second-order valence-electron chi connectivity index (χ2n) is 4.55. The van der Waals surface area contributed by atoms with E-state index in [0.29, 0.717) is 0 Å². The van der Waals surface area contributed by atoms with E-state index in [1.807, 2.05) is 0 Å². The number of hydrogen-bond donors (Lipinski definition) is 2. The molecule has 1 fully saturated rings. The number of carbonyl (C=O) groups excluding carboxylic acids is 1. The lowest BCUT2D eigenvalue weighted by Gasteiger charge is -2.18. The van der Waals surface area contributed by atoms with Gasteiger partial charge in [-0.15, -0.1) is 12.4 Å². The van der Waals surface area contributed by atoms with E-state index < -0.39 is 12.5 Å². The number of amides is 1. The first-order valence-corrected chi connectivity index (χ1v) is 6.18. The fourth-order valence-corrected chi connectivity index (χ4v) is 2.27. The molecule has 3 N–H and O–H groups in total. The number of nitrogens with two attached hydrogens (primary N) is 1. The van der Waals surface area contributed by atoms with Crippen LogP contribution in [0, 0.1) is 0 Å². The minimum Gasteiger partial charge on any atom is -0.434 e. The smallest absolute Gasteiger partial charge is 0.387 e. The predicted octanol–water partition coefficient (Wildman–Crippen LogP) is 2.32. The standard InChI is InChI=1S/C13H16F2N2O2.ClH/c14-13(15)19-11-7-2-1-4-8(11)12(18)17-10-6-3-5-9(10)16;/h1-2,4,7,9-10,13H,3,5-6,16H2,(H,17,18);1H/t9-,10-;/m0./s1. The fraction of sp³-hybridized carbons (Fsp3) is 0.462. The molecule has 0 spiro atoms.